The molecule has 0 saturated heterocycles. The van der Waals surface area contributed by atoms with Crippen LogP contribution >= 0.6 is 0 Å². The smallest absolute Gasteiger partial charge is 0.124 e. The van der Waals surface area contributed by atoms with Crippen LogP contribution in [0.1, 0.15) is 36.6 Å². The molecule has 3 nitrogen and oxygen atoms in total. The second-order valence-electron chi connectivity index (χ2n) is 5.31. The van der Waals surface area contributed by atoms with E-state index in [0.29, 0.717) is 5.92 Å². The van der Waals surface area contributed by atoms with E-state index >= 15 is 0 Å². The number of ether oxygens (including phenoxy) is 1. The van der Waals surface area contributed by atoms with Crippen LogP contribution in [0.15, 0.2) is 12.1 Å². The summed E-state index contributed by atoms with van der Waals surface area (Å²) in [7, 11) is 1.66. The summed E-state index contributed by atoms with van der Waals surface area (Å²) < 4.78 is 5.44. The predicted molar refractivity (Wildman–Crippen MR) is 74.8 cm³/mol. The zero-order valence-corrected chi connectivity index (χ0v) is 12.0. The lowest BCUT2D eigenvalue weighted by molar-refractivity contribution is 0.164. The molecule has 0 spiro atoms. The first-order chi connectivity index (χ1) is 8.42. The molecule has 0 aliphatic rings. The van der Waals surface area contributed by atoms with Crippen molar-refractivity contribution < 1.29 is 9.84 Å². The van der Waals surface area contributed by atoms with Crippen molar-refractivity contribution in [1.82, 2.24) is 0 Å². The van der Waals surface area contributed by atoms with E-state index in [4.69, 9.17) is 10.5 Å². The van der Waals surface area contributed by atoms with Gasteiger partial charge in [-0.3, -0.25) is 0 Å². The van der Waals surface area contributed by atoms with E-state index < -0.39 is 0 Å². The second-order valence-corrected chi connectivity index (χ2v) is 5.31. The van der Waals surface area contributed by atoms with Crippen LogP contribution in [-0.4, -0.2) is 18.8 Å². The zero-order chi connectivity index (χ0) is 13.9. The van der Waals surface area contributed by atoms with Crippen molar-refractivity contribution in [3.05, 3.63) is 28.8 Å². The molecule has 18 heavy (non-hydrogen) atoms. The summed E-state index contributed by atoms with van der Waals surface area (Å²) in [4.78, 5) is 0. The number of methoxy groups -OCH3 is 1. The number of nitrogens with two attached hydrogens (primary N) is 1. The van der Waals surface area contributed by atoms with Gasteiger partial charge in [0.1, 0.15) is 5.75 Å². The summed E-state index contributed by atoms with van der Waals surface area (Å²) in [5, 5.41) is 9.52. The summed E-state index contributed by atoms with van der Waals surface area (Å²) in [6, 6.07) is 3.90. The van der Waals surface area contributed by atoms with E-state index in [1.54, 1.807) is 7.11 Å². The summed E-state index contributed by atoms with van der Waals surface area (Å²) in [5.41, 5.74) is 9.63. The monoisotopic (exact) mass is 251 g/mol. The Kier molecular flexibility index (Phi) is 5.17. The van der Waals surface area contributed by atoms with Crippen molar-refractivity contribution in [2.45, 2.75) is 33.7 Å². The van der Waals surface area contributed by atoms with Gasteiger partial charge in [0.05, 0.1) is 7.11 Å². The maximum Gasteiger partial charge on any atom is 0.124 e. The number of aliphatic hydroxyl groups excluding tert-OH is 1. The molecule has 0 aliphatic heterocycles. The summed E-state index contributed by atoms with van der Waals surface area (Å²) in [6.45, 7) is 8.33. The highest BCUT2D eigenvalue weighted by atomic mass is 16.5. The van der Waals surface area contributed by atoms with Crippen LogP contribution in [0.5, 0.6) is 5.75 Å². The SMILES string of the molecule is COc1cc(C)cc(C)c1C(N)C(CO)C(C)C. The van der Waals surface area contributed by atoms with E-state index in [2.05, 4.69) is 19.9 Å². The molecule has 3 N–H and O–H groups in total. The molecule has 2 atom stereocenters. The predicted octanol–water partition coefficient (Wildman–Crippen LogP) is 2.58. The third-order valence-corrected chi connectivity index (χ3v) is 3.57. The van der Waals surface area contributed by atoms with E-state index in [9.17, 15) is 5.11 Å². The first kappa shape index (κ1) is 15.0. The Morgan fingerprint density at radius 2 is 1.89 bits per heavy atom. The van der Waals surface area contributed by atoms with Gasteiger partial charge in [0.15, 0.2) is 0 Å². The first-order valence-electron chi connectivity index (χ1n) is 6.43. The van der Waals surface area contributed by atoms with Gasteiger partial charge in [-0.2, -0.15) is 0 Å². The Morgan fingerprint density at radius 3 is 2.33 bits per heavy atom. The van der Waals surface area contributed by atoms with Crippen molar-refractivity contribution >= 4 is 0 Å². The standard InChI is InChI=1S/C15H25NO2/c1-9(2)12(8-17)15(16)14-11(4)6-10(3)7-13(14)18-5/h6-7,9,12,15,17H,8,16H2,1-5H3. The third-order valence-electron chi connectivity index (χ3n) is 3.57. The summed E-state index contributed by atoms with van der Waals surface area (Å²) in [6.07, 6.45) is 0. The van der Waals surface area contributed by atoms with Crippen LogP contribution in [0.2, 0.25) is 0 Å². The Balaban J connectivity index is 3.22. The van der Waals surface area contributed by atoms with Gasteiger partial charge in [0, 0.05) is 24.1 Å². The van der Waals surface area contributed by atoms with Gasteiger partial charge in [0.2, 0.25) is 0 Å². The molecular formula is C15H25NO2. The maximum absolute atomic E-state index is 9.52. The Labute approximate surface area is 110 Å². The normalized spacial score (nSPS) is 14.7. The zero-order valence-electron chi connectivity index (χ0n) is 12.0. The van der Waals surface area contributed by atoms with E-state index in [0.717, 1.165) is 22.4 Å². The van der Waals surface area contributed by atoms with Gasteiger partial charge < -0.3 is 15.6 Å². The highest BCUT2D eigenvalue weighted by Gasteiger charge is 2.26. The van der Waals surface area contributed by atoms with Crippen LogP contribution < -0.4 is 10.5 Å². The Bertz CT molecular complexity index is 402. The van der Waals surface area contributed by atoms with Gasteiger partial charge in [0.25, 0.3) is 0 Å². The average molecular weight is 251 g/mol. The Morgan fingerprint density at radius 1 is 1.28 bits per heavy atom. The third kappa shape index (κ3) is 3.03. The molecular weight excluding hydrogens is 226 g/mol. The van der Waals surface area contributed by atoms with Crippen LogP contribution in [-0.2, 0) is 0 Å². The van der Waals surface area contributed by atoms with E-state index in [1.165, 1.54) is 0 Å². The van der Waals surface area contributed by atoms with Gasteiger partial charge in [-0.15, -0.1) is 0 Å². The number of hydrogen-bond acceptors (Lipinski definition) is 3. The number of rotatable bonds is 5. The van der Waals surface area contributed by atoms with Crippen LogP contribution in [0.25, 0.3) is 0 Å². The molecule has 0 bridgehead atoms. The van der Waals surface area contributed by atoms with Crippen molar-refractivity contribution in [2.75, 3.05) is 13.7 Å². The molecule has 2 unspecified atom stereocenters. The lowest BCUT2D eigenvalue weighted by Gasteiger charge is -2.28. The number of aryl methyl sites for hydroxylation is 2. The Hall–Kier alpha value is -1.06. The molecule has 102 valence electrons. The fraction of sp³-hybridized carbons (Fsp3) is 0.600. The highest BCUT2D eigenvalue weighted by molar-refractivity contribution is 5.45. The van der Waals surface area contributed by atoms with E-state index in [-0.39, 0.29) is 18.6 Å². The molecule has 0 radical (unpaired) electrons. The molecule has 0 amide bonds. The summed E-state index contributed by atoms with van der Waals surface area (Å²) >= 11 is 0. The van der Waals surface area contributed by atoms with Crippen LogP contribution in [0.4, 0.5) is 0 Å². The lowest BCUT2D eigenvalue weighted by atomic mass is 9.83. The quantitative estimate of drug-likeness (QED) is 0.845. The largest absolute Gasteiger partial charge is 0.496 e. The molecule has 0 aliphatic carbocycles. The van der Waals surface area contributed by atoms with Crippen molar-refractivity contribution in [1.29, 1.82) is 0 Å². The fourth-order valence-corrected chi connectivity index (χ4v) is 2.49. The highest BCUT2D eigenvalue weighted by Crippen LogP contribution is 2.35. The minimum atomic E-state index is -0.203. The molecule has 0 aromatic heterocycles. The van der Waals surface area contributed by atoms with E-state index in [1.807, 2.05) is 19.9 Å². The van der Waals surface area contributed by atoms with Gasteiger partial charge in [-0.05, 0) is 37.0 Å². The molecule has 0 heterocycles. The average Bonchev–Trinajstić information content (AvgIpc) is 2.27. The summed E-state index contributed by atoms with van der Waals surface area (Å²) in [5.74, 6) is 1.19. The number of hydrogen-bond donors (Lipinski definition) is 2. The number of aliphatic hydroxyl groups is 1. The molecule has 3 heteroatoms. The van der Waals surface area contributed by atoms with Crippen molar-refractivity contribution in [2.24, 2.45) is 17.6 Å². The van der Waals surface area contributed by atoms with Crippen LogP contribution in [0, 0.1) is 25.7 Å². The van der Waals surface area contributed by atoms with Crippen molar-refractivity contribution in [3.63, 3.8) is 0 Å². The molecule has 1 aromatic carbocycles. The molecule has 1 rings (SSSR count). The minimum Gasteiger partial charge on any atom is -0.496 e. The molecule has 0 saturated carbocycles. The number of benzene rings is 1. The maximum atomic E-state index is 9.52. The lowest BCUT2D eigenvalue weighted by Crippen LogP contribution is -2.29. The van der Waals surface area contributed by atoms with Gasteiger partial charge in [-0.1, -0.05) is 19.9 Å². The van der Waals surface area contributed by atoms with Gasteiger partial charge >= 0.3 is 0 Å². The first-order valence-corrected chi connectivity index (χ1v) is 6.43. The molecule has 0 fully saturated rings. The van der Waals surface area contributed by atoms with Crippen molar-refractivity contribution in [3.8, 4) is 5.75 Å². The fourth-order valence-electron chi connectivity index (χ4n) is 2.49. The topological polar surface area (TPSA) is 55.5 Å². The minimum absolute atomic E-state index is 0.0420. The second kappa shape index (κ2) is 6.21. The van der Waals surface area contributed by atoms with Gasteiger partial charge in [-0.25, -0.2) is 0 Å². The van der Waals surface area contributed by atoms with Crippen LogP contribution in [0.3, 0.4) is 0 Å². The molecule has 1 aromatic rings.